The summed E-state index contributed by atoms with van der Waals surface area (Å²) < 4.78 is 0. The molecule has 0 aliphatic carbocycles. The molecule has 0 aromatic rings. The van der Waals surface area contributed by atoms with Crippen molar-refractivity contribution in [2.75, 3.05) is 0 Å². The summed E-state index contributed by atoms with van der Waals surface area (Å²) >= 11 is 0. The van der Waals surface area contributed by atoms with Crippen molar-refractivity contribution in [1.82, 2.24) is 15.1 Å². The van der Waals surface area contributed by atoms with Gasteiger partial charge in [-0.05, 0) is 6.92 Å². The maximum absolute atomic E-state index is 11.3. The van der Waals surface area contributed by atoms with E-state index >= 15 is 0 Å². The Hall–Kier alpha value is -3.36. The Labute approximate surface area is 129 Å². The molecule has 0 aromatic carbocycles. The van der Waals surface area contributed by atoms with Crippen LogP contribution in [0, 0.1) is 0 Å². The monoisotopic (exact) mass is 317 g/mol. The maximum Gasteiger partial charge on any atom is 0.255 e. The molecule has 0 saturated carbocycles. The molecule has 3 aliphatic heterocycles. The molecular formula is C14H11N3O6. The molecule has 0 spiro atoms. The highest BCUT2D eigenvalue weighted by Gasteiger charge is 2.37. The van der Waals surface area contributed by atoms with Gasteiger partial charge < -0.3 is 0 Å². The van der Waals surface area contributed by atoms with Crippen LogP contribution in [0.15, 0.2) is 36.5 Å². The molecule has 9 heteroatoms. The summed E-state index contributed by atoms with van der Waals surface area (Å²) in [6, 6.07) is 0. The van der Waals surface area contributed by atoms with Gasteiger partial charge in [0, 0.05) is 36.5 Å². The van der Waals surface area contributed by atoms with Crippen molar-refractivity contribution >= 4 is 35.4 Å². The molecule has 1 N–H and O–H groups in total. The first-order valence-corrected chi connectivity index (χ1v) is 6.44. The van der Waals surface area contributed by atoms with Crippen molar-refractivity contribution in [3.8, 4) is 0 Å². The van der Waals surface area contributed by atoms with E-state index in [0.29, 0.717) is 0 Å². The first kappa shape index (κ1) is 16.0. The van der Waals surface area contributed by atoms with Crippen LogP contribution in [0.4, 0.5) is 0 Å². The number of hydrogen-bond acceptors (Lipinski definition) is 6. The van der Waals surface area contributed by atoms with Gasteiger partial charge in [0.1, 0.15) is 6.17 Å². The van der Waals surface area contributed by atoms with Crippen LogP contribution in [0.1, 0.15) is 6.92 Å². The van der Waals surface area contributed by atoms with E-state index in [-0.39, 0.29) is 11.8 Å². The Morgan fingerprint density at radius 1 is 0.652 bits per heavy atom. The Bertz CT molecular complexity index is 624. The molecule has 0 unspecified atom stereocenters. The highest BCUT2D eigenvalue weighted by molar-refractivity contribution is 6.16. The second kappa shape index (κ2) is 6.18. The molecule has 0 bridgehead atoms. The van der Waals surface area contributed by atoms with E-state index in [0.717, 1.165) is 34.1 Å². The number of hydrogen-bond donors (Lipinski definition) is 1. The standard InChI is InChI=1S/C10H8N2O4.C4H3NO2/c1-6(11-7(13)2-3-8(11)14)12-9(15)4-5-10(12)16;6-3-1-2-4(7)5-3/h2-6H,1H3;1-2H,(H,5,6,7). The Morgan fingerprint density at radius 3 is 1.17 bits per heavy atom. The van der Waals surface area contributed by atoms with Crippen molar-refractivity contribution < 1.29 is 28.8 Å². The molecule has 0 radical (unpaired) electrons. The molecule has 0 aromatic heterocycles. The number of rotatable bonds is 2. The van der Waals surface area contributed by atoms with Crippen LogP contribution in [-0.2, 0) is 28.8 Å². The molecule has 0 saturated heterocycles. The van der Waals surface area contributed by atoms with Gasteiger partial charge in [0.15, 0.2) is 0 Å². The van der Waals surface area contributed by atoms with Gasteiger partial charge in [-0.3, -0.25) is 43.9 Å². The van der Waals surface area contributed by atoms with Crippen LogP contribution in [-0.4, -0.2) is 51.4 Å². The second-order valence-electron chi connectivity index (χ2n) is 4.58. The SMILES string of the molecule is CC(N1C(=O)C=CC1=O)N1C(=O)C=CC1=O.O=C1C=CC(=O)N1. The molecule has 3 aliphatic rings. The number of imide groups is 3. The van der Waals surface area contributed by atoms with Crippen LogP contribution >= 0.6 is 0 Å². The molecule has 118 valence electrons. The molecule has 3 rings (SSSR count). The van der Waals surface area contributed by atoms with E-state index in [1.54, 1.807) is 0 Å². The van der Waals surface area contributed by atoms with Gasteiger partial charge in [0.25, 0.3) is 35.4 Å². The van der Waals surface area contributed by atoms with Gasteiger partial charge >= 0.3 is 0 Å². The summed E-state index contributed by atoms with van der Waals surface area (Å²) in [6.45, 7) is 1.45. The minimum absolute atomic E-state index is 0.329. The van der Waals surface area contributed by atoms with E-state index in [9.17, 15) is 28.8 Å². The van der Waals surface area contributed by atoms with Crippen LogP contribution in [0.5, 0.6) is 0 Å². The van der Waals surface area contributed by atoms with Gasteiger partial charge in [-0.2, -0.15) is 0 Å². The average molecular weight is 317 g/mol. The van der Waals surface area contributed by atoms with Crippen LogP contribution in [0.3, 0.4) is 0 Å². The van der Waals surface area contributed by atoms with Crippen LogP contribution < -0.4 is 5.32 Å². The van der Waals surface area contributed by atoms with E-state index < -0.39 is 29.8 Å². The molecule has 6 amide bonds. The van der Waals surface area contributed by atoms with Crippen molar-refractivity contribution in [3.05, 3.63) is 36.5 Å². The van der Waals surface area contributed by atoms with E-state index in [4.69, 9.17) is 0 Å². The van der Waals surface area contributed by atoms with Crippen LogP contribution in [0.2, 0.25) is 0 Å². The summed E-state index contributed by atoms with van der Waals surface area (Å²) in [4.78, 5) is 67.2. The number of carbonyl (C=O) groups excluding carboxylic acids is 6. The Balaban J connectivity index is 0.000000229. The zero-order chi connectivity index (χ0) is 17.1. The lowest BCUT2D eigenvalue weighted by atomic mass is 10.4. The third-order valence-corrected chi connectivity index (χ3v) is 3.07. The third kappa shape index (κ3) is 3.28. The van der Waals surface area contributed by atoms with Crippen molar-refractivity contribution in [2.45, 2.75) is 13.1 Å². The molecular weight excluding hydrogens is 306 g/mol. The highest BCUT2D eigenvalue weighted by Crippen LogP contribution is 2.16. The largest absolute Gasteiger partial charge is 0.289 e. The first-order valence-electron chi connectivity index (χ1n) is 6.44. The van der Waals surface area contributed by atoms with Gasteiger partial charge in [-0.15, -0.1) is 0 Å². The first-order chi connectivity index (χ1) is 10.8. The van der Waals surface area contributed by atoms with Crippen molar-refractivity contribution in [3.63, 3.8) is 0 Å². The highest BCUT2D eigenvalue weighted by atomic mass is 16.2. The third-order valence-electron chi connectivity index (χ3n) is 3.07. The summed E-state index contributed by atoms with van der Waals surface area (Å²) in [5, 5.41) is 2.03. The van der Waals surface area contributed by atoms with Gasteiger partial charge in [0.05, 0.1) is 0 Å². The predicted octanol–water partition coefficient (Wildman–Crippen LogP) is -1.62. The van der Waals surface area contributed by atoms with Gasteiger partial charge in [-0.1, -0.05) is 0 Å². The molecule has 0 fully saturated rings. The fraction of sp³-hybridized carbons (Fsp3) is 0.143. The minimum Gasteiger partial charge on any atom is -0.289 e. The summed E-state index contributed by atoms with van der Waals surface area (Å²) in [7, 11) is 0. The molecule has 0 atom stereocenters. The maximum atomic E-state index is 11.3. The smallest absolute Gasteiger partial charge is 0.255 e. The summed E-state index contributed by atoms with van der Waals surface area (Å²) in [5.74, 6) is -2.75. The Kier molecular flexibility index (Phi) is 4.30. The zero-order valence-electron chi connectivity index (χ0n) is 11.9. The number of nitrogens with one attached hydrogen (secondary N) is 1. The zero-order valence-corrected chi connectivity index (χ0v) is 11.9. The lowest BCUT2D eigenvalue weighted by Crippen LogP contribution is -2.51. The molecule has 23 heavy (non-hydrogen) atoms. The molecule has 3 heterocycles. The van der Waals surface area contributed by atoms with Crippen LogP contribution in [0.25, 0.3) is 0 Å². The minimum atomic E-state index is -0.898. The fourth-order valence-electron chi connectivity index (χ4n) is 2.03. The fourth-order valence-corrected chi connectivity index (χ4v) is 2.03. The number of nitrogens with zero attached hydrogens (tertiary/aromatic N) is 2. The lowest BCUT2D eigenvalue weighted by molar-refractivity contribution is -0.151. The Morgan fingerprint density at radius 2 is 0.957 bits per heavy atom. The van der Waals surface area contributed by atoms with E-state index in [1.165, 1.54) is 19.1 Å². The normalized spacial score (nSPS) is 19.2. The average Bonchev–Trinajstić information content (AvgIpc) is 3.12. The van der Waals surface area contributed by atoms with Gasteiger partial charge in [0.2, 0.25) is 0 Å². The van der Waals surface area contributed by atoms with Crippen molar-refractivity contribution in [1.29, 1.82) is 0 Å². The summed E-state index contributed by atoms with van der Waals surface area (Å²) in [6.07, 6.45) is 5.93. The molecule has 9 nitrogen and oxygen atoms in total. The van der Waals surface area contributed by atoms with Gasteiger partial charge in [-0.25, -0.2) is 0 Å². The second-order valence-corrected chi connectivity index (χ2v) is 4.58. The summed E-state index contributed by atoms with van der Waals surface area (Å²) in [5.41, 5.74) is 0. The van der Waals surface area contributed by atoms with E-state index in [1.807, 2.05) is 5.32 Å². The number of carbonyl (C=O) groups is 6. The van der Waals surface area contributed by atoms with Crippen molar-refractivity contribution in [2.24, 2.45) is 0 Å². The number of amides is 6. The predicted molar refractivity (Wildman–Crippen MR) is 73.7 cm³/mol. The quantitative estimate of drug-likeness (QED) is 0.611. The topological polar surface area (TPSA) is 121 Å². The van der Waals surface area contributed by atoms with E-state index in [2.05, 4.69) is 0 Å². The lowest BCUT2D eigenvalue weighted by Gasteiger charge is -2.29.